The third-order valence-corrected chi connectivity index (χ3v) is 2.65. The van der Waals surface area contributed by atoms with Crippen LogP contribution in [0.3, 0.4) is 0 Å². The van der Waals surface area contributed by atoms with Gasteiger partial charge < -0.3 is 14.9 Å². The first-order chi connectivity index (χ1) is 8.84. The highest BCUT2D eigenvalue weighted by atomic mass is 19.4. The number of amides is 2. The second-order valence-corrected chi connectivity index (χ2v) is 5.54. The van der Waals surface area contributed by atoms with Gasteiger partial charge in [0, 0.05) is 25.7 Å². The lowest BCUT2D eigenvalue weighted by molar-refractivity contribution is -0.137. The van der Waals surface area contributed by atoms with E-state index in [1.54, 1.807) is 20.8 Å². The van der Waals surface area contributed by atoms with Crippen LogP contribution in [0.5, 0.6) is 0 Å². The highest BCUT2D eigenvalue weighted by Gasteiger charge is 2.32. The molecule has 0 aliphatic heterocycles. The van der Waals surface area contributed by atoms with Crippen molar-refractivity contribution in [3.63, 3.8) is 0 Å². The molecular formula is C12H21F3N2O3. The summed E-state index contributed by atoms with van der Waals surface area (Å²) in [5, 5.41) is 8.66. The summed E-state index contributed by atoms with van der Waals surface area (Å²) >= 11 is 0. The van der Waals surface area contributed by atoms with Crippen molar-refractivity contribution in [3.8, 4) is 0 Å². The Morgan fingerprint density at radius 2 is 1.60 bits per heavy atom. The molecule has 0 aliphatic rings. The fraction of sp³-hybridized carbons (Fsp3) is 0.833. The number of rotatable bonds is 5. The highest BCUT2D eigenvalue weighted by Crippen LogP contribution is 2.21. The molecule has 0 aromatic heterocycles. The number of aliphatic carboxylic acids is 1. The molecule has 2 amide bonds. The molecule has 20 heavy (non-hydrogen) atoms. The lowest BCUT2D eigenvalue weighted by atomic mass is 10.1. The van der Waals surface area contributed by atoms with E-state index in [1.807, 2.05) is 0 Å². The zero-order valence-corrected chi connectivity index (χ0v) is 12.1. The van der Waals surface area contributed by atoms with Crippen LogP contribution in [0.4, 0.5) is 18.0 Å². The molecule has 0 saturated heterocycles. The summed E-state index contributed by atoms with van der Waals surface area (Å²) in [7, 11) is 1.27. The number of nitrogens with zero attached hydrogens (tertiary/aromatic N) is 2. The van der Waals surface area contributed by atoms with Crippen LogP contribution in [0.2, 0.25) is 0 Å². The second-order valence-electron chi connectivity index (χ2n) is 5.54. The molecule has 0 heterocycles. The predicted molar refractivity (Wildman–Crippen MR) is 67.4 cm³/mol. The van der Waals surface area contributed by atoms with Gasteiger partial charge in [-0.3, -0.25) is 4.79 Å². The van der Waals surface area contributed by atoms with Gasteiger partial charge in [-0.1, -0.05) is 0 Å². The quantitative estimate of drug-likeness (QED) is 0.848. The van der Waals surface area contributed by atoms with Crippen LogP contribution < -0.4 is 0 Å². The summed E-state index contributed by atoms with van der Waals surface area (Å²) in [5.41, 5.74) is -0.668. The maximum Gasteiger partial charge on any atom is 0.390 e. The number of carboxylic acids is 1. The Balaban J connectivity index is 4.73. The lowest BCUT2D eigenvalue weighted by Gasteiger charge is -2.38. The van der Waals surface area contributed by atoms with Gasteiger partial charge in [-0.25, -0.2) is 4.79 Å². The van der Waals surface area contributed by atoms with Gasteiger partial charge >= 0.3 is 18.2 Å². The summed E-state index contributed by atoms with van der Waals surface area (Å²) in [6.07, 6.45) is -5.68. The third kappa shape index (κ3) is 7.20. The second kappa shape index (κ2) is 6.81. The van der Waals surface area contributed by atoms with Gasteiger partial charge in [0.15, 0.2) is 0 Å². The van der Waals surface area contributed by atoms with Crippen LogP contribution in [-0.4, -0.2) is 58.8 Å². The molecule has 0 radical (unpaired) electrons. The number of hydrogen-bond donors (Lipinski definition) is 1. The van der Waals surface area contributed by atoms with Gasteiger partial charge in [-0.2, -0.15) is 13.2 Å². The zero-order valence-electron chi connectivity index (χ0n) is 12.1. The van der Waals surface area contributed by atoms with Gasteiger partial charge in [0.2, 0.25) is 0 Å². The number of halogens is 3. The molecule has 1 N–H and O–H groups in total. The van der Waals surface area contributed by atoms with Crippen LogP contribution in [-0.2, 0) is 4.79 Å². The van der Waals surface area contributed by atoms with Crippen LogP contribution in [0.25, 0.3) is 0 Å². The van der Waals surface area contributed by atoms with Crippen molar-refractivity contribution in [2.24, 2.45) is 0 Å². The standard InChI is InChI=1S/C12H21F3N2O3/c1-11(2,3)17(7-5-9(18)19)10(20)16(4)8-6-12(13,14)15/h5-8H2,1-4H3,(H,18,19). The van der Waals surface area contributed by atoms with Crippen LogP contribution >= 0.6 is 0 Å². The molecule has 0 aromatic rings. The van der Waals surface area contributed by atoms with Crippen molar-refractivity contribution in [1.82, 2.24) is 9.80 Å². The van der Waals surface area contributed by atoms with Crippen molar-refractivity contribution in [2.45, 2.75) is 45.3 Å². The summed E-state index contributed by atoms with van der Waals surface area (Å²) in [5.74, 6) is -1.06. The van der Waals surface area contributed by atoms with E-state index in [4.69, 9.17) is 5.11 Å². The van der Waals surface area contributed by atoms with E-state index in [0.717, 1.165) is 4.90 Å². The van der Waals surface area contributed by atoms with Gasteiger partial charge in [0.25, 0.3) is 0 Å². The SMILES string of the molecule is CN(CCC(F)(F)F)C(=O)N(CCC(=O)O)C(C)(C)C. The topological polar surface area (TPSA) is 60.9 Å². The van der Waals surface area contributed by atoms with Gasteiger partial charge in [-0.05, 0) is 20.8 Å². The molecule has 0 bridgehead atoms. The summed E-state index contributed by atoms with van der Waals surface area (Å²) in [6.45, 7) is 4.59. The minimum Gasteiger partial charge on any atom is -0.481 e. The molecule has 0 rings (SSSR count). The molecule has 0 aliphatic carbocycles. The average molecular weight is 298 g/mol. The normalized spacial score (nSPS) is 12.2. The first-order valence-corrected chi connectivity index (χ1v) is 6.16. The molecule has 0 unspecified atom stereocenters. The molecule has 0 aromatic carbocycles. The summed E-state index contributed by atoms with van der Waals surface area (Å²) in [4.78, 5) is 24.9. The average Bonchev–Trinajstić information content (AvgIpc) is 2.22. The molecule has 8 heteroatoms. The van der Waals surface area contributed by atoms with Crippen LogP contribution in [0.1, 0.15) is 33.6 Å². The smallest absolute Gasteiger partial charge is 0.390 e. The van der Waals surface area contributed by atoms with E-state index in [9.17, 15) is 22.8 Å². The van der Waals surface area contributed by atoms with Gasteiger partial charge in [-0.15, -0.1) is 0 Å². The van der Waals surface area contributed by atoms with Crippen molar-refractivity contribution in [3.05, 3.63) is 0 Å². The number of carbonyl (C=O) groups is 2. The van der Waals surface area contributed by atoms with Crippen molar-refractivity contribution in [2.75, 3.05) is 20.1 Å². The summed E-state index contributed by atoms with van der Waals surface area (Å²) in [6, 6.07) is -0.608. The van der Waals surface area contributed by atoms with E-state index in [2.05, 4.69) is 0 Å². The highest BCUT2D eigenvalue weighted by molar-refractivity contribution is 5.76. The number of hydrogen-bond acceptors (Lipinski definition) is 2. The molecule has 0 atom stereocenters. The molecule has 118 valence electrons. The minimum atomic E-state index is -4.33. The maximum atomic E-state index is 12.1. The first-order valence-electron chi connectivity index (χ1n) is 6.16. The van der Waals surface area contributed by atoms with E-state index in [0.29, 0.717) is 0 Å². The largest absolute Gasteiger partial charge is 0.481 e. The Hall–Kier alpha value is -1.47. The number of carboxylic acid groups (broad SMARTS) is 1. The lowest BCUT2D eigenvalue weighted by Crippen LogP contribution is -2.52. The molecule has 0 saturated carbocycles. The maximum absolute atomic E-state index is 12.1. The first kappa shape index (κ1) is 18.5. The predicted octanol–water partition coefficient (Wildman–Crippen LogP) is 2.57. The summed E-state index contributed by atoms with van der Waals surface area (Å²) < 4.78 is 36.4. The van der Waals surface area contributed by atoms with E-state index < -0.39 is 36.7 Å². The Morgan fingerprint density at radius 3 is 1.95 bits per heavy atom. The van der Waals surface area contributed by atoms with E-state index >= 15 is 0 Å². The minimum absolute atomic E-state index is 0.0476. The molecule has 0 fully saturated rings. The fourth-order valence-electron chi connectivity index (χ4n) is 1.52. The van der Waals surface area contributed by atoms with Crippen LogP contribution in [0, 0.1) is 0 Å². The van der Waals surface area contributed by atoms with Gasteiger partial charge in [0.1, 0.15) is 0 Å². The van der Waals surface area contributed by atoms with Crippen molar-refractivity contribution >= 4 is 12.0 Å². The van der Waals surface area contributed by atoms with E-state index in [1.165, 1.54) is 11.9 Å². The third-order valence-electron chi connectivity index (χ3n) is 2.65. The van der Waals surface area contributed by atoms with Crippen molar-refractivity contribution < 1.29 is 27.9 Å². The molecule has 0 spiro atoms. The fourth-order valence-corrected chi connectivity index (χ4v) is 1.52. The Bertz CT molecular complexity index is 351. The number of carbonyl (C=O) groups excluding carboxylic acids is 1. The Morgan fingerprint density at radius 1 is 1.10 bits per heavy atom. The zero-order chi connectivity index (χ0) is 16.1. The number of alkyl halides is 3. The van der Waals surface area contributed by atoms with Crippen LogP contribution in [0.15, 0.2) is 0 Å². The van der Waals surface area contributed by atoms with E-state index in [-0.39, 0.29) is 13.0 Å². The van der Waals surface area contributed by atoms with Crippen molar-refractivity contribution in [1.29, 1.82) is 0 Å². The Kier molecular flexibility index (Phi) is 6.31. The Labute approximate surface area is 116 Å². The van der Waals surface area contributed by atoms with Gasteiger partial charge in [0.05, 0.1) is 12.8 Å². The molecule has 5 nitrogen and oxygen atoms in total. The molecular weight excluding hydrogens is 277 g/mol. The monoisotopic (exact) mass is 298 g/mol. The number of urea groups is 1.